The number of aromatic nitrogens is 2. The zero-order valence-electron chi connectivity index (χ0n) is 9.73. The minimum Gasteiger partial charge on any atom is -0.323 e. The van der Waals surface area contributed by atoms with Gasteiger partial charge in [-0.1, -0.05) is 0 Å². The fraction of sp³-hybridized carbons (Fsp3) is 0.667. The minimum atomic E-state index is 0.184. The molecule has 4 nitrogen and oxygen atoms in total. The molecule has 1 N–H and O–H groups in total. The number of hydrogen-bond acceptors (Lipinski definition) is 2. The molecule has 1 amide bonds. The molecule has 2 unspecified atom stereocenters. The maximum atomic E-state index is 12.0. The van der Waals surface area contributed by atoms with E-state index < -0.39 is 0 Å². The number of hydrogen-bond donors (Lipinski definition) is 1. The zero-order chi connectivity index (χ0) is 11.3. The molecule has 2 saturated carbocycles. The number of carbonyl (C=O) groups is 1. The molecule has 4 heteroatoms. The van der Waals surface area contributed by atoms with Gasteiger partial charge in [-0.05, 0) is 38.0 Å². The monoisotopic (exact) mass is 219 g/mol. The molecule has 2 fully saturated rings. The van der Waals surface area contributed by atoms with Crippen LogP contribution in [0.5, 0.6) is 0 Å². The Morgan fingerprint density at radius 2 is 2.12 bits per heavy atom. The van der Waals surface area contributed by atoms with Crippen LogP contribution in [0.3, 0.4) is 0 Å². The van der Waals surface area contributed by atoms with E-state index in [-0.39, 0.29) is 11.8 Å². The van der Waals surface area contributed by atoms with E-state index in [9.17, 15) is 4.79 Å². The SMILES string of the molecule is Cc1nn(C)cc1NC(=O)C1CC2CC2C1. The highest BCUT2D eigenvalue weighted by Gasteiger charge is 2.48. The van der Waals surface area contributed by atoms with Gasteiger partial charge in [0.15, 0.2) is 0 Å². The van der Waals surface area contributed by atoms with Crippen LogP contribution in [-0.2, 0) is 11.8 Å². The summed E-state index contributed by atoms with van der Waals surface area (Å²) >= 11 is 0. The molecule has 0 radical (unpaired) electrons. The van der Waals surface area contributed by atoms with Crippen molar-refractivity contribution in [3.05, 3.63) is 11.9 Å². The Hall–Kier alpha value is -1.32. The van der Waals surface area contributed by atoms with E-state index in [1.165, 1.54) is 6.42 Å². The van der Waals surface area contributed by atoms with E-state index >= 15 is 0 Å². The highest BCUT2D eigenvalue weighted by Crippen LogP contribution is 2.54. The third-order valence-corrected chi connectivity index (χ3v) is 3.89. The lowest BCUT2D eigenvalue weighted by Gasteiger charge is -2.11. The van der Waals surface area contributed by atoms with Gasteiger partial charge < -0.3 is 5.32 Å². The van der Waals surface area contributed by atoms with Crippen molar-refractivity contribution in [2.24, 2.45) is 24.8 Å². The van der Waals surface area contributed by atoms with Gasteiger partial charge in [0.25, 0.3) is 0 Å². The summed E-state index contributed by atoms with van der Waals surface area (Å²) in [6.45, 7) is 1.92. The van der Waals surface area contributed by atoms with E-state index in [0.29, 0.717) is 0 Å². The fourth-order valence-electron chi connectivity index (χ4n) is 2.89. The Labute approximate surface area is 95.0 Å². The number of amides is 1. The van der Waals surface area contributed by atoms with Crippen LogP contribution < -0.4 is 5.32 Å². The van der Waals surface area contributed by atoms with Crippen molar-refractivity contribution in [2.45, 2.75) is 26.2 Å². The lowest BCUT2D eigenvalue weighted by atomic mass is 10.0. The van der Waals surface area contributed by atoms with Gasteiger partial charge in [0.1, 0.15) is 0 Å². The predicted octanol–water partition coefficient (Wildman–Crippen LogP) is 1.71. The molecule has 3 rings (SSSR count). The van der Waals surface area contributed by atoms with Crippen molar-refractivity contribution in [3.63, 3.8) is 0 Å². The molecular formula is C12H17N3O. The topological polar surface area (TPSA) is 46.9 Å². The van der Waals surface area contributed by atoms with Gasteiger partial charge in [-0.2, -0.15) is 5.10 Å². The Bertz CT molecular complexity index is 427. The lowest BCUT2D eigenvalue weighted by molar-refractivity contribution is -0.120. The first-order valence-electron chi connectivity index (χ1n) is 5.94. The van der Waals surface area contributed by atoms with Crippen LogP contribution in [0.15, 0.2) is 6.20 Å². The number of nitrogens with zero attached hydrogens (tertiary/aromatic N) is 2. The molecule has 0 aromatic carbocycles. The largest absolute Gasteiger partial charge is 0.323 e. The van der Waals surface area contributed by atoms with E-state index in [2.05, 4.69) is 10.4 Å². The second kappa shape index (κ2) is 3.34. The number of aryl methyl sites for hydroxylation is 2. The first-order chi connectivity index (χ1) is 7.63. The normalized spacial score (nSPS) is 31.2. The molecule has 16 heavy (non-hydrogen) atoms. The van der Waals surface area contributed by atoms with Gasteiger partial charge in [-0.3, -0.25) is 9.48 Å². The number of nitrogens with one attached hydrogen (secondary N) is 1. The van der Waals surface area contributed by atoms with Crippen LogP contribution in [0, 0.1) is 24.7 Å². The smallest absolute Gasteiger partial charge is 0.227 e. The molecular weight excluding hydrogens is 202 g/mol. The maximum absolute atomic E-state index is 12.0. The van der Waals surface area contributed by atoms with Gasteiger partial charge >= 0.3 is 0 Å². The standard InChI is InChI=1S/C12H17N3O/c1-7-11(6-15(2)14-7)13-12(16)10-4-8-3-9(8)5-10/h6,8-10H,3-5H2,1-2H3,(H,13,16). The summed E-state index contributed by atoms with van der Waals surface area (Å²) in [5.74, 6) is 2.13. The summed E-state index contributed by atoms with van der Waals surface area (Å²) in [6, 6.07) is 0. The van der Waals surface area contributed by atoms with Crippen molar-refractivity contribution >= 4 is 11.6 Å². The molecule has 1 heterocycles. The van der Waals surface area contributed by atoms with Gasteiger partial charge in [-0.25, -0.2) is 0 Å². The zero-order valence-corrected chi connectivity index (χ0v) is 9.73. The average Bonchev–Trinajstić information content (AvgIpc) is 2.70. The molecule has 0 aliphatic heterocycles. The molecule has 86 valence electrons. The Morgan fingerprint density at radius 3 is 2.69 bits per heavy atom. The van der Waals surface area contributed by atoms with Crippen LogP contribution in [0.4, 0.5) is 5.69 Å². The summed E-state index contributed by atoms with van der Waals surface area (Å²) in [5.41, 5.74) is 1.74. The molecule has 0 spiro atoms. The number of fused-ring (bicyclic) bond motifs is 1. The molecule has 0 saturated heterocycles. The number of carbonyl (C=O) groups excluding carboxylic acids is 1. The quantitative estimate of drug-likeness (QED) is 0.823. The van der Waals surface area contributed by atoms with Crippen molar-refractivity contribution in [1.82, 2.24) is 9.78 Å². The third kappa shape index (κ3) is 1.62. The summed E-state index contributed by atoms with van der Waals surface area (Å²) in [6.07, 6.45) is 5.41. The lowest BCUT2D eigenvalue weighted by Crippen LogP contribution is -2.21. The van der Waals surface area contributed by atoms with E-state index in [1.807, 2.05) is 20.2 Å². The molecule has 2 aliphatic carbocycles. The Kier molecular flexibility index (Phi) is 2.06. The summed E-state index contributed by atoms with van der Waals surface area (Å²) < 4.78 is 1.73. The van der Waals surface area contributed by atoms with Gasteiger partial charge in [0, 0.05) is 19.2 Å². The summed E-state index contributed by atoms with van der Waals surface area (Å²) in [7, 11) is 1.87. The van der Waals surface area contributed by atoms with Gasteiger partial charge in [0.2, 0.25) is 5.91 Å². The van der Waals surface area contributed by atoms with Crippen molar-refractivity contribution in [3.8, 4) is 0 Å². The first kappa shape index (κ1) is 9.87. The van der Waals surface area contributed by atoms with Crippen LogP contribution in [0.25, 0.3) is 0 Å². The highest BCUT2D eigenvalue weighted by molar-refractivity contribution is 5.93. The second-order valence-corrected chi connectivity index (χ2v) is 5.22. The first-order valence-corrected chi connectivity index (χ1v) is 5.94. The van der Waals surface area contributed by atoms with Crippen molar-refractivity contribution in [1.29, 1.82) is 0 Å². The Morgan fingerprint density at radius 1 is 1.44 bits per heavy atom. The van der Waals surface area contributed by atoms with Crippen molar-refractivity contribution in [2.75, 3.05) is 5.32 Å². The van der Waals surface area contributed by atoms with Crippen molar-refractivity contribution < 1.29 is 4.79 Å². The number of anilines is 1. The van der Waals surface area contributed by atoms with E-state index in [0.717, 1.165) is 36.1 Å². The van der Waals surface area contributed by atoms with Crippen LogP contribution >= 0.6 is 0 Å². The van der Waals surface area contributed by atoms with Gasteiger partial charge in [0.05, 0.1) is 11.4 Å². The van der Waals surface area contributed by atoms with Gasteiger partial charge in [-0.15, -0.1) is 0 Å². The number of rotatable bonds is 2. The van der Waals surface area contributed by atoms with E-state index in [1.54, 1.807) is 4.68 Å². The summed E-state index contributed by atoms with van der Waals surface area (Å²) in [5, 5.41) is 7.21. The molecule has 0 bridgehead atoms. The fourth-order valence-corrected chi connectivity index (χ4v) is 2.89. The molecule has 1 aromatic rings. The molecule has 1 aromatic heterocycles. The average molecular weight is 219 g/mol. The maximum Gasteiger partial charge on any atom is 0.227 e. The molecule has 2 atom stereocenters. The molecule has 2 aliphatic rings. The summed E-state index contributed by atoms with van der Waals surface area (Å²) in [4.78, 5) is 12.0. The highest BCUT2D eigenvalue weighted by atomic mass is 16.1. The van der Waals surface area contributed by atoms with Crippen LogP contribution in [0.1, 0.15) is 25.0 Å². The van der Waals surface area contributed by atoms with Crippen LogP contribution in [-0.4, -0.2) is 15.7 Å². The predicted molar refractivity (Wildman–Crippen MR) is 60.9 cm³/mol. The minimum absolute atomic E-state index is 0.184. The van der Waals surface area contributed by atoms with Crippen LogP contribution in [0.2, 0.25) is 0 Å². The Balaban J connectivity index is 1.66. The van der Waals surface area contributed by atoms with E-state index in [4.69, 9.17) is 0 Å². The second-order valence-electron chi connectivity index (χ2n) is 5.22. The third-order valence-electron chi connectivity index (χ3n) is 3.89.